The first-order chi connectivity index (χ1) is 9.74. The van der Waals surface area contributed by atoms with Crippen molar-refractivity contribution in [3.05, 3.63) is 22.6 Å². The van der Waals surface area contributed by atoms with E-state index in [0.717, 1.165) is 18.8 Å². The third kappa shape index (κ3) is 2.87. The van der Waals surface area contributed by atoms with Crippen LogP contribution in [0.3, 0.4) is 0 Å². The maximum atomic E-state index is 12.2. The molecular formula is C15H24N4O. The van der Waals surface area contributed by atoms with Crippen molar-refractivity contribution in [3.63, 3.8) is 0 Å². The zero-order valence-electron chi connectivity index (χ0n) is 12.0. The zero-order valence-corrected chi connectivity index (χ0v) is 12.0. The van der Waals surface area contributed by atoms with Crippen molar-refractivity contribution in [1.29, 1.82) is 0 Å². The van der Waals surface area contributed by atoms with E-state index < -0.39 is 0 Å². The van der Waals surface area contributed by atoms with E-state index in [9.17, 15) is 4.79 Å². The smallest absolute Gasteiger partial charge is 0.268 e. The van der Waals surface area contributed by atoms with Crippen molar-refractivity contribution in [2.45, 2.75) is 51.1 Å². The largest absolute Gasteiger partial charge is 0.370 e. The summed E-state index contributed by atoms with van der Waals surface area (Å²) in [6.45, 7) is 2.61. The first-order valence-corrected chi connectivity index (χ1v) is 7.82. The van der Waals surface area contributed by atoms with Crippen LogP contribution in [-0.2, 0) is 6.54 Å². The molecular weight excluding hydrogens is 252 g/mol. The molecule has 1 aromatic heterocycles. The van der Waals surface area contributed by atoms with Gasteiger partial charge in [-0.15, -0.1) is 0 Å². The molecule has 2 aliphatic rings. The Morgan fingerprint density at radius 1 is 1.25 bits per heavy atom. The highest BCUT2D eigenvalue weighted by Crippen LogP contribution is 2.27. The van der Waals surface area contributed by atoms with Gasteiger partial charge in [-0.25, -0.2) is 4.68 Å². The van der Waals surface area contributed by atoms with Crippen LogP contribution >= 0.6 is 0 Å². The lowest BCUT2D eigenvalue weighted by molar-refractivity contribution is 0.366. The van der Waals surface area contributed by atoms with Crippen LogP contribution in [0.5, 0.6) is 0 Å². The van der Waals surface area contributed by atoms with Gasteiger partial charge in [-0.2, -0.15) is 5.10 Å². The van der Waals surface area contributed by atoms with Crippen LogP contribution in [0.1, 0.15) is 38.5 Å². The third-order valence-corrected chi connectivity index (χ3v) is 4.72. The summed E-state index contributed by atoms with van der Waals surface area (Å²) in [5.41, 5.74) is 7.16. The Balaban J connectivity index is 1.69. The Morgan fingerprint density at radius 3 is 2.60 bits per heavy atom. The van der Waals surface area contributed by atoms with Crippen LogP contribution in [0.4, 0.5) is 5.69 Å². The highest BCUT2D eigenvalue weighted by atomic mass is 16.1. The van der Waals surface area contributed by atoms with Crippen LogP contribution in [0.25, 0.3) is 0 Å². The number of nitrogens with two attached hydrogens (primary N) is 1. The van der Waals surface area contributed by atoms with Crippen molar-refractivity contribution < 1.29 is 0 Å². The summed E-state index contributed by atoms with van der Waals surface area (Å²) in [7, 11) is 0. The lowest BCUT2D eigenvalue weighted by Crippen LogP contribution is -2.38. The number of hydrogen-bond acceptors (Lipinski definition) is 4. The molecule has 110 valence electrons. The predicted molar refractivity (Wildman–Crippen MR) is 79.9 cm³/mol. The Bertz CT molecular complexity index is 501. The molecule has 1 aliphatic heterocycles. The second-order valence-corrected chi connectivity index (χ2v) is 6.14. The van der Waals surface area contributed by atoms with Crippen LogP contribution in [-0.4, -0.2) is 28.9 Å². The van der Waals surface area contributed by atoms with Gasteiger partial charge in [-0.05, 0) is 31.6 Å². The Kier molecular flexibility index (Phi) is 4.05. The van der Waals surface area contributed by atoms with Gasteiger partial charge in [0.15, 0.2) is 0 Å². The second-order valence-electron chi connectivity index (χ2n) is 6.14. The van der Waals surface area contributed by atoms with Crippen molar-refractivity contribution in [2.24, 2.45) is 11.7 Å². The van der Waals surface area contributed by atoms with Crippen molar-refractivity contribution in [2.75, 3.05) is 18.0 Å². The molecule has 5 heteroatoms. The predicted octanol–water partition coefficient (Wildman–Crippen LogP) is 1.36. The van der Waals surface area contributed by atoms with Crippen LogP contribution in [0.15, 0.2) is 17.1 Å². The van der Waals surface area contributed by atoms with Gasteiger partial charge in [0, 0.05) is 25.2 Å². The molecule has 0 radical (unpaired) electrons. The molecule has 1 aromatic rings. The van der Waals surface area contributed by atoms with Gasteiger partial charge in [0.1, 0.15) is 0 Å². The highest BCUT2D eigenvalue weighted by molar-refractivity contribution is 5.43. The summed E-state index contributed by atoms with van der Waals surface area (Å²) in [5, 5.41) is 4.32. The van der Waals surface area contributed by atoms with Gasteiger partial charge in [0.25, 0.3) is 5.56 Å². The summed E-state index contributed by atoms with van der Waals surface area (Å²) in [4.78, 5) is 14.4. The molecule has 20 heavy (non-hydrogen) atoms. The van der Waals surface area contributed by atoms with Gasteiger partial charge in [-0.3, -0.25) is 4.79 Å². The lowest BCUT2D eigenvalue weighted by atomic mass is 9.99. The van der Waals surface area contributed by atoms with Gasteiger partial charge >= 0.3 is 0 Å². The summed E-state index contributed by atoms with van der Waals surface area (Å²) in [6.07, 6.45) is 9.16. The molecule has 0 aromatic carbocycles. The molecule has 5 nitrogen and oxygen atoms in total. The molecule has 1 atom stereocenters. The van der Waals surface area contributed by atoms with Crippen molar-refractivity contribution >= 4 is 5.69 Å². The zero-order chi connectivity index (χ0) is 13.9. The molecule has 1 unspecified atom stereocenters. The molecule has 1 saturated heterocycles. The highest BCUT2D eigenvalue weighted by Gasteiger charge is 2.23. The first kappa shape index (κ1) is 13.6. The number of anilines is 1. The molecule has 0 spiro atoms. The SMILES string of the molecule is NC(Cn1ncc(N2CCCC2)cc1=O)C1CCCC1. The third-order valence-electron chi connectivity index (χ3n) is 4.72. The van der Waals surface area contributed by atoms with Gasteiger partial charge in [0.2, 0.25) is 0 Å². The molecule has 2 N–H and O–H groups in total. The van der Waals surface area contributed by atoms with E-state index in [2.05, 4.69) is 10.00 Å². The van der Waals surface area contributed by atoms with E-state index in [0.29, 0.717) is 12.5 Å². The van der Waals surface area contributed by atoms with E-state index in [1.807, 2.05) is 6.20 Å². The molecule has 2 fully saturated rings. The maximum absolute atomic E-state index is 12.2. The fraction of sp³-hybridized carbons (Fsp3) is 0.733. The monoisotopic (exact) mass is 276 g/mol. The fourth-order valence-corrected chi connectivity index (χ4v) is 3.44. The number of rotatable bonds is 4. The minimum Gasteiger partial charge on any atom is -0.370 e. The van der Waals surface area contributed by atoms with Crippen molar-refractivity contribution in [3.8, 4) is 0 Å². The molecule has 3 rings (SSSR count). The Morgan fingerprint density at radius 2 is 1.95 bits per heavy atom. The molecule has 1 saturated carbocycles. The summed E-state index contributed by atoms with van der Waals surface area (Å²) in [6, 6.07) is 1.76. The van der Waals surface area contributed by atoms with Crippen LogP contribution in [0, 0.1) is 5.92 Å². The average molecular weight is 276 g/mol. The quantitative estimate of drug-likeness (QED) is 0.902. The van der Waals surface area contributed by atoms with Crippen molar-refractivity contribution in [1.82, 2.24) is 9.78 Å². The minimum absolute atomic E-state index is 0.0251. The topological polar surface area (TPSA) is 64.2 Å². The Labute approximate surface area is 119 Å². The Hall–Kier alpha value is -1.36. The normalized spacial score (nSPS) is 21.6. The number of aromatic nitrogens is 2. The number of hydrogen-bond donors (Lipinski definition) is 1. The van der Waals surface area contributed by atoms with E-state index in [1.54, 1.807) is 6.07 Å². The van der Waals surface area contributed by atoms with E-state index in [-0.39, 0.29) is 11.6 Å². The molecule has 1 aliphatic carbocycles. The fourth-order valence-electron chi connectivity index (χ4n) is 3.44. The minimum atomic E-state index is -0.0251. The summed E-state index contributed by atoms with van der Waals surface area (Å²) >= 11 is 0. The lowest BCUT2D eigenvalue weighted by Gasteiger charge is -2.20. The van der Waals surface area contributed by atoms with E-state index >= 15 is 0 Å². The van der Waals surface area contributed by atoms with Gasteiger partial charge in [0.05, 0.1) is 18.4 Å². The van der Waals surface area contributed by atoms with E-state index in [4.69, 9.17) is 5.73 Å². The van der Waals surface area contributed by atoms with Crippen LogP contribution in [0.2, 0.25) is 0 Å². The average Bonchev–Trinajstić information content (AvgIpc) is 3.14. The molecule has 2 heterocycles. The molecule has 0 amide bonds. The standard InChI is InChI=1S/C15H24N4O/c16-14(12-5-1-2-6-12)11-19-15(20)9-13(10-17-19)18-7-3-4-8-18/h9-10,12,14H,1-8,11,16H2. The van der Waals surface area contributed by atoms with E-state index in [1.165, 1.54) is 43.2 Å². The maximum Gasteiger partial charge on any atom is 0.268 e. The summed E-state index contributed by atoms with van der Waals surface area (Å²) in [5.74, 6) is 0.557. The van der Waals surface area contributed by atoms with Gasteiger partial charge < -0.3 is 10.6 Å². The second kappa shape index (κ2) is 5.95. The summed E-state index contributed by atoms with van der Waals surface area (Å²) < 4.78 is 1.53. The van der Waals surface area contributed by atoms with Gasteiger partial charge in [-0.1, -0.05) is 12.8 Å². The number of nitrogens with zero attached hydrogens (tertiary/aromatic N) is 3. The van der Waals surface area contributed by atoms with Crippen LogP contribution < -0.4 is 16.2 Å². The first-order valence-electron chi connectivity index (χ1n) is 7.82. The molecule has 0 bridgehead atoms.